The first-order valence-electron chi connectivity index (χ1n) is 8.56. The third kappa shape index (κ3) is 5.03. The molecule has 0 N–H and O–H groups in total. The van der Waals surface area contributed by atoms with Crippen molar-refractivity contribution in [1.29, 1.82) is 0 Å². The number of para-hydroxylation sites is 1. The maximum absolute atomic E-state index is 13.2. The van der Waals surface area contributed by atoms with Crippen LogP contribution in [0.3, 0.4) is 0 Å². The number of rotatable bonds is 6. The Labute approximate surface area is 169 Å². The summed E-state index contributed by atoms with van der Waals surface area (Å²) in [6.45, 7) is 2.17. The van der Waals surface area contributed by atoms with Gasteiger partial charge >= 0.3 is 0 Å². The summed E-state index contributed by atoms with van der Waals surface area (Å²) in [5.74, 6) is 0.269. The molecule has 0 aliphatic heterocycles. The summed E-state index contributed by atoms with van der Waals surface area (Å²) in [6, 6.07) is 24.3. The van der Waals surface area contributed by atoms with Crippen molar-refractivity contribution in [3.05, 3.63) is 94.5 Å². The average Bonchev–Trinajstić information content (AvgIpc) is 2.69. The van der Waals surface area contributed by atoms with Gasteiger partial charge in [-0.1, -0.05) is 71.7 Å². The number of nitrogens with zero attached hydrogens (tertiary/aromatic N) is 1. The summed E-state index contributed by atoms with van der Waals surface area (Å²) in [5.41, 5.74) is 1.84. The highest BCUT2D eigenvalue weighted by molar-refractivity contribution is 6.35. The average molecular weight is 400 g/mol. The normalized spacial score (nSPS) is 11.7. The van der Waals surface area contributed by atoms with Crippen LogP contribution in [-0.4, -0.2) is 12.0 Å². The molecule has 0 bridgehead atoms. The largest absolute Gasteiger partial charge is 0.479 e. The number of hydrogen-bond donors (Lipinski definition) is 0. The lowest BCUT2D eigenvalue weighted by Gasteiger charge is -2.26. The number of anilines is 1. The highest BCUT2D eigenvalue weighted by Gasteiger charge is 2.24. The van der Waals surface area contributed by atoms with Crippen LogP contribution in [0.5, 0.6) is 5.75 Å². The van der Waals surface area contributed by atoms with Gasteiger partial charge in [0.15, 0.2) is 6.10 Å². The Hall–Kier alpha value is -2.49. The van der Waals surface area contributed by atoms with Gasteiger partial charge in [0.2, 0.25) is 0 Å². The Bertz CT molecular complexity index is 901. The molecule has 0 aromatic heterocycles. The monoisotopic (exact) mass is 399 g/mol. The molecule has 5 heteroatoms. The minimum atomic E-state index is -0.715. The van der Waals surface area contributed by atoms with Gasteiger partial charge in [0.1, 0.15) is 5.75 Å². The molecule has 1 unspecified atom stereocenters. The molecule has 3 rings (SSSR count). The highest BCUT2D eigenvalue weighted by atomic mass is 35.5. The van der Waals surface area contributed by atoms with Crippen LogP contribution in [0.4, 0.5) is 5.69 Å². The predicted octanol–water partition coefficient (Wildman–Crippen LogP) is 5.99. The van der Waals surface area contributed by atoms with Crippen LogP contribution in [-0.2, 0) is 11.3 Å². The number of hydrogen-bond acceptors (Lipinski definition) is 2. The Morgan fingerprint density at radius 2 is 1.59 bits per heavy atom. The third-order valence-corrected chi connectivity index (χ3v) is 4.59. The fourth-order valence-corrected chi connectivity index (χ4v) is 3.15. The van der Waals surface area contributed by atoms with E-state index in [1.807, 2.05) is 60.7 Å². The maximum atomic E-state index is 13.2. The summed E-state index contributed by atoms with van der Waals surface area (Å²) >= 11 is 12.1. The Morgan fingerprint density at radius 1 is 0.963 bits per heavy atom. The van der Waals surface area contributed by atoms with E-state index >= 15 is 0 Å². The minimum absolute atomic E-state index is 0.156. The number of ether oxygens (including phenoxy) is 1. The second kappa shape index (κ2) is 8.94. The van der Waals surface area contributed by atoms with Crippen molar-refractivity contribution in [2.75, 3.05) is 4.90 Å². The first kappa shape index (κ1) is 19.3. The lowest BCUT2D eigenvalue weighted by molar-refractivity contribution is -0.124. The molecule has 0 aliphatic carbocycles. The van der Waals surface area contributed by atoms with Crippen molar-refractivity contribution in [2.24, 2.45) is 0 Å². The maximum Gasteiger partial charge on any atom is 0.268 e. The molecule has 0 spiro atoms. The number of carbonyl (C=O) groups excluding carboxylic acids is 1. The molecule has 27 heavy (non-hydrogen) atoms. The van der Waals surface area contributed by atoms with E-state index in [0.29, 0.717) is 22.3 Å². The molecule has 1 amide bonds. The van der Waals surface area contributed by atoms with Crippen LogP contribution in [0.1, 0.15) is 12.5 Å². The van der Waals surface area contributed by atoms with E-state index in [9.17, 15) is 4.79 Å². The SMILES string of the molecule is CC(Oc1ccc(Cl)cc1Cl)C(=O)N(Cc1ccccc1)c1ccccc1. The Kier molecular flexibility index (Phi) is 6.38. The molecule has 0 saturated heterocycles. The van der Waals surface area contributed by atoms with Gasteiger partial charge in [-0.2, -0.15) is 0 Å². The summed E-state index contributed by atoms with van der Waals surface area (Å²) in [6.07, 6.45) is -0.715. The second-order valence-electron chi connectivity index (χ2n) is 6.08. The predicted molar refractivity (Wildman–Crippen MR) is 111 cm³/mol. The Morgan fingerprint density at radius 3 is 2.22 bits per heavy atom. The molecule has 0 aliphatic rings. The summed E-state index contributed by atoms with van der Waals surface area (Å²) < 4.78 is 5.82. The van der Waals surface area contributed by atoms with Gasteiger partial charge < -0.3 is 9.64 Å². The molecule has 3 nitrogen and oxygen atoms in total. The van der Waals surface area contributed by atoms with Gasteiger partial charge in [-0.05, 0) is 42.8 Å². The first-order valence-corrected chi connectivity index (χ1v) is 9.32. The zero-order chi connectivity index (χ0) is 19.2. The molecule has 0 saturated carbocycles. The van der Waals surface area contributed by atoms with Crippen LogP contribution in [0.2, 0.25) is 10.0 Å². The number of halogens is 2. The molecule has 0 heterocycles. The zero-order valence-corrected chi connectivity index (χ0v) is 16.3. The summed E-state index contributed by atoms with van der Waals surface area (Å²) in [7, 11) is 0. The molecule has 0 radical (unpaired) electrons. The quantitative estimate of drug-likeness (QED) is 0.508. The molecule has 138 valence electrons. The number of benzene rings is 3. The second-order valence-corrected chi connectivity index (χ2v) is 6.92. The molecular weight excluding hydrogens is 381 g/mol. The van der Waals surface area contributed by atoms with E-state index < -0.39 is 6.10 Å². The van der Waals surface area contributed by atoms with Crippen LogP contribution in [0.15, 0.2) is 78.9 Å². The lowest BCUT2D eigenvalue weighted by atomic mass is 10.1. The van der Waals surface area contributed by atoms with Gasteiger partial charge in [-0.15, -0.1) is 0 Å². The lowest BCUT2D eigenvalue weighted by Crippen LogP contribution is -2.40. The highest BCUT2D eigenvalue weighted by Crippen LogP contribution is 2.29. The molecule has 3 aromatic carbocycles. The van der Waals surface area contributed by atoms with Crippen LogP contribution < -0.4 is 9.64 Å². The van der Waals surface area contributed by atoms with Crippen LogP contribution in [0.25, 0.3) is 0 Å². The number of amides is 1. The van der Waals surface area contributed by atoms with Crippen LogP contribution in [0, 0.1) is 0 Å². The van der Waals surface area contributed by atoms with Crippen molar-refractivity contribution in [3.63, 3.8) is 0 Å². The minimum Gasteiger partial charge on any atom is -0.479 e. The molecule has 0 fully saturated rings. The number of carbonyl (C=O) groups is 1. The van der Waals surface area contributed by atoms with E-state index in [-0.39, 0.29) is 5.91 Å². The molecule has 3 aromatic rings. The Balaban J connectivity index is 1.83. The fourth-order valence-electron chi connectivity index (χ4n) is 2.70. The molecular formula is C22H19Cl2NO2. The van der Waals surface area contributed by atoms with E-state index in [4.69, 9.17) is 27.9 Å². The first-order chi connectivity index (χ1) is 13.0. The van der Waals surface area contributed by atoms with E-state index in [2.05, 4.69) is 0 Å². The summed E-state index contributed by atoms with van der Waals surface area (Å²) in [4.78, 5) is 14.9. The van der Waals surface area contributed by atoms with Gasteiger partial charge in [-0.25, -0.2) is 0 Å². The molecule has 1 atom stereocenters. The third-order valence-electron chi connectivity index (χ3n) is 4.06. The van der Waals surface area contributed by atoms with Crippen molar-refractivity contribution >= 4 is 34.8 Å². The fraction of sp³-hybridized carbons (Fsp3) is 0.136. The van der Waals surface area contributed by atoms with Crippen LogP contribution >= 0.6 is 23.2 Å². The van der Waals surface area contributed by atoms with Gasteiger partial charge in [0, 0.05) is 10.7 Å². The van der Waals surface area contributed by atoms with E-state index in [1.165, 1.54) is 0 Å². The van der Waals surface area contributed by atoms with Crippen molar-refractivity contribution < 1.29 is 9.53 Å². The van der Waals surface area contributed by atoms with E-state index in [0.717, 1.165) is 11.3 Å². The smallest absolute Gasteiger partial charge is 0.268 e. The summed E-state index contributed by atoms with van der Waals surface area (Å²) in [5, 5.41) is 0.887. The topological polar surface area (TPSA) is 29.5 Å². The van der Waals surface area contributed by atoms with Crippen molar-refractivity contribution in [3.8, 4) is 5.75 Å². The van der Waals surface area contributed by atoms with Gasteiger partial charge in [-0.3, -0.25) is 4.79 Å². The van der Waals surface area contributed by atoms with Crippen molar-refractivity contribution in [1.82, 2.24) is 0 Å². The standard InChI is InChI=1S/C22H19Cl2NO2/c1-16(27-21-13-12-18(23)14-20(21)24)22(26)25(19-10-6-3-7-11-19)15-17-8-4-2-5-9-17/h2-14,16H,15H2,1H3. The van der Waals surface area contributed by atoms with Gasteiger partial charge in [0.25, 0.3) is 5.91 Å². The van der Waals surface area contributed by atoms with E-state index in [1.54, 1.807) is 30.0 Å². The zero-order valence-electron chi connectivity index (χ0n) is 14.8. The van der Waals surface area contributed by atoms with Crippen molar-refractivity contribution in [2.45, 2.75) is 19.6 Å². The van der Waals surface area contributed by atoms with Gasteiger partial charge in [0.05, 0.1) is 11.6 Å².